The van der Waals surface area contributed by atoms with E-state index in [9.17, 15) is 10.1 Å². The third-order valence-corrected chi connectivity index (χ3v) is 3.23. The first kappa shape index (κ1) is 14.0. The molecule has 100 valence electrons. The summed E-state index contributed by atoms with van der Waals surface area (Å²) in [5, 5.41) is 19.5. The minimum Gasteiger partial charge on any atom is -0.487 e. The van der Waals surface area contributed by atoms with Crippen molar-refractivity contribution in [2.75, 3.05) is 0 Å². The molecular weight excluding hydrogens is 324 g/mol. The third kappa shape index (κ3) is 3.33. The van der Waals surface area contributed by atoms with Gasteiger partial charge in [0.2, 0.25) is 0 Å². The Morgan fingerprint density at radius 3 is 2.80 bits per heavy atom. The number of hydrogen-bond donors (Lipinski definition) is 0. The van der Waals surface area contributed by atoms with E-state index >= 15 is 0 Å². The summed E-state index contributed by atoms with van der Waals surface area (Å²) in [4.78, 5) is 10.2. The van der Waals surface area contributed by atoms with Gasteiger partial charge in [-0.25, -0.2) is 0 Å². The number of nitriles is 1. The second-order valence-electron chi connectivity index (χ2n) is 3.97. The van der Waals surface area contributed by atoms with Crippen LogP contribution in [0.2, 0.25) is 0 Å². The van der Waals surface area contributed by atoms with E-state index in [4.69, 9.17) is 10.00 Å². The van der Waals surface area contributed by atoms with Crippen LogP contribution in [0.25, 0.3) is 0 Å². The molecule has 0 spiro atoms. The topological polar surface area (TPSA) is 76.2 Å². The summed E-state index contributed by atoms with van der Waals surface area (Å²) in [6.07, 6.45) is 0. The van der Waals surface area contributed by atoms with Gasteiger partial charge in [-0.2, -0.15) is 5.26 Å². The van der Waals surface area contributed by atoms with Crippen molar-refractivity contribution in [3.8, 4) is 11.8 Å². The Hall–Kier alpha value is -2.39. The van der Waals surface area contributed by atoms with Crippen LogP contribution in [0.1, 0.15) is 11.1 Å². The van der Waals surface area contributed by atoms with Gasteiger partial charge < -0.3 is 4.74 Å². The number of nitrogens with zero attached hydrogens (tertiary/aromatic N) is 2. The van der Waals surface area contributed by atoms with Crippen LogP contribution in [0.3, 0.4) is 0 Å². The number of benzene rings is 2. The predicted molar refractivity (Wildman–Crippen MR) is 76.3 cm³/mol. The summed E-state index contributed by atoms with van der Waals surface area (Å²) in [6.45, 7) is 0.231. The predicted octanol–water partition coefficient (Wildman–Crippen LogP) is 3.81. The van der Waals surface area contributed by atoms with Gasteiger partial charge in [0.1, 0.15) is 12.4 Å². The zero-order valence-electron chi connectivity index (χ0n) is 10.2. The molecule has 0 aliphatic carbocycles. The van der Waals surface area contributed by atoms with Gasteiger partial charge >= 0.3 is 0 Å². The normalized spacial score (nSPS) is 9.80. The summed E-state index contributed by atoms with van der Waals surface area (Å²) >= 11 is 3.28. The van der Waals surface area contributed by atoms with Crippen molar-refractivity contribution < 1.29 is 9.66 Å². The Bertz CT molecular complexity index is 695. The standard InChI is InChI=1S/C14H9BrN2O3/c15-13-5-4-12(17(18)19)7-14(13)20-9-11-3-1-2-10(6-11)8-16/h1-7H,9H2. The summed E-state index contributed by atoms with van der Waals surface area (Å²) in [6, 6.07) is 13.4. The maximum Gasteiger partial charge on any atom is 0.273 e. The van der Waals surface area contributed by atoms with E-state index in [1.807, 2.05) is 12.1 Å². The lowest BCUT2D eigenvalue weighted by atomic mass is 10.1. The lowest BCUT2D eigenvalue weighted by Crippen LogP contribution is -1.97. The van der Waals surface area contributed by atoms with Crippen molar-refractivity contribution in [3.05, 3.63) is 68.2 Å². The second kappa shape index (κ2) is 6.17. The molecule has 0 aliphatic heterocycles. The number of non-ortho nitro benzene ring substituents is 1. The van der Waals surface area contributed by atoms with Crippen LogP contribution in [-0.4, -0.2) is 4.92 Å². The fraction of sp³-hybridized carbons (Fsp3) is 0.0714. The fourth-order valence-corrected chi connectivity index (χ4v) is 1.97. The van der Waals surface area contributed by atoms with E-state index in [0.29, 0.717) is 15.8 Å². The molecule has 0 saturated carbocycles. The number of nitro benzene ring substituents is 1. The highest BCUT2D eigenvalue weighted by atomic mass is 79.9. The van der Waals surface area contributed by atoms with Crippen molar-refractivity contribution in [2.24, 2.45) is 0 Å². The van der Waals surface area contributed by atoms with Crippen LogP contribution in [-0.2, 0) is 6.61 Å². The monoisotopic (exact) mass is 332 g/mol. The van der Waals surface area contributed by atoms with E-state index in [-0.39, 0.29) is 12.3 Å². The van der Waals surface area contributed by atoms with Gasteiger partial charge in [-0.3, -0.25) is 10.1 Å². The molecule has 0 atom stereocenters. The molecule has 0 unspecified atom stereocenters. The number of halogens is 1. The first-order valence-corrected chi connectivity index (χ1v) is 6.45. The van der Waals surface area contributed by atoms with Gasteiger partial charge in [0.15, 0.2) is 0 Å². The van der Waals surface area contributed by atoms with Crippen LogP contribution in [0, 0.1) is 21.4 Å². The molecule has 2 aromatic rings. The zero-order chi connectivity index (χ0) is 14.5. The minimum atomic E-state index is -0.477. The molecule has 6 heteroatoms. The molecule has 2 aromatic carbocycles. The van der Waals surface area contributed by atoms with Crippen molar-refractivity contribution in [3.63, 3.8) is 0 Å². The summed E-state index contributed by atoms with van der Waals surface area (Å²) in [7, 11) is 0. The van der Waals surface area contributed by atoms with Crippen LogP contribution in [0.5, 0.6) is 5.75 Å². The van der Waals surface area contributed by atoms with Crippen molar-refractivity contribution in [1.82, 2.24) is 0 Å². The largest absolute Gasteiger partial charge is 0.487 e. The van der Waals surface area contributed by atoms with E-state index in [0.717, 1.165) is 5.56 Å². The molecule has 20 heavy (non-hydrogen) atoms. The average Bonchev–Trinajstić information content (AvgIpc) is 2.46. The van der Waals surface area contributed by atoms with E-state index in [1.165, 1.54) is 12.1 Å². The zero-order valence-corrected chi connectivity index (χ0v) is 11.8. The van der Waals surface area contributed by atoms with Crippen LogP contribution in [0.15, 0.2) is 46.9 Å². The second-order valence-corrected chi connectivity index (χ2v) is 4.83. The highest BCUT2D eigenvalue weighted by Gasteiger charge is 2.10. The van der Waals surface area contributed by atoms with Crippen molar-refractivity contribution in [1.29, 1.82) is 5.26 Å². The molecular formula is C14H9BrN2O3. The lowest BCUT2D eigenvalue weighted by Gasteiger charge is -2.08. The Morgan fingerprint density at radius 1 is 1.30 bits per heavy atom. The summed E-state index contributed by atoms with van der Waals surface area (Å²) in [5.74, 6) is 0.390. The van der Waals surface area contributed by atoms with E-state index in [2.05, 4.69) is 15.9 Å². The molecule has 0 amide bonds. The van der Waals surface area contributed by atoms with Crippen molar-refractivity contribution >= 4 is 21.6 Å². The Labute approximate surface area is 123 Å². The number of rotatable bonds is 4. The fourth-order valence-electron chi connectivity index (χ4n) is 1.61. The SMILES string of the molecule is N#Cc1cccc(COc2cc([N+](=O)[O-])ccc2Br)c1. The van der Waals surface area contributed by atoms with E-state index in [1.54, 1.807) is 24.3 Å². The Balaban J connectivity index is 2.16. The lowest BCUT2D eigenvalue weighted by molar-refractivity contribution is -0.385. The minimum absolute atomic E-state index is 0.0334. The van der Waals surface area contributed by atoms with Gasteiger partial charge in [-0.1, -0.05) is 12.1 Å². The quantitative estimate of drug-likeness (QED) is 0.630. The van der Waals surface area contributed by atoms with Gasteiger partial charge in [-0.05, 0) is 39.7 Å². The van der Waals surface area contributed by atoms with Crippen LogP contribution in [0.4, 0.5) is 5.69 Å². The molecule has 0 aliphatic rings. The molecule has 0 bridgehead atoms. The highest BCUT2D eigenvalue weighted by molar-refractivity contribution is 9.10. The highest BCUT2D eigenvalue weighted by Crippen LogP contribution is 2.29. The smallest absolute Gasteiger partial charge is 0.273 e. The maximum atomic E-state index is 10.7. The molecule has 0 saturated heterocycles. The maximum absolute atomic E-state index is 10.7. The van der Waals surface area contributed by atoms with Gasteiger partial charge in [0, 0.05) is 6.07 Å². The Kier molecular flexibility index (Phi) is 4.33. The molecule has 0 heterocycles. The molecule has 5 nitrogen and oxygen atoms in total. The van der Waals surface area contributed by atoms with Crippen molar-refractivity contribution in [2.45, 2.75) is 6.61 Å². The molecule has 0 N–H and O–H groups in total. The molecule has 0 aromatic heterocycles. The van der Waals surface area contributed by atoms with Gasteiger partial charge in [-0.15, -0.1) is 0 Å². The van der Waals surface area contributed by atoms with Crippen LogP contribution < -0.4 is 4.74 Å². The molecule has 2 rings (SSSR count). The number of nitro groups is 1. The van der Waals surface area contributed by atoms with Gasteiger partial charge in [0.05, 0.1) is 27.1 Å². The van der Waals surface area contributed by atoms with Gasteiger partial charge in [0.25, 0.3) is 5.69 Å². The first-order chi connectivity index (χ1) is 9.60. The number of ether oxygens (including phenoxy) is 1. The van der Waals surface area contributed by atoms with E-state index < -0.39 is 4.92 Å². The van der Waals surface area contributed by atoms with Crippen LogP contribution >= 0.6 is 15.9 Å². The molecule has 0 radical (unpaired) electrons. The first-order valence-electron chi connectivity index (χ1n) is 5.66. The average molecular weight is 333 g/mol. The summed E-state index contributed by atoms with van der Waals surface area (Å²) < 4.78 is 6.19. The molecule has 0 fully saturated rings. The third-order valence-electron chi connectivity index (χ3n) is 2.58. The Morgan fingerprint density at radius 2 is 2.10 bits per heavy atom. The number of hydrogen-bond acceptors (Lipinski definition) is 4. The summed E-state index contributed by atoms with van der Waals surface area (Å²) in [5.41, 5.74) is 1.33.